The number of pyridine rings is 1. The molecule has 0 aliphatic heterocycles. The smallest absolute Gasteiger partial charge is 0.104 e. The van der Waals surface area contributed by atoms with Gasteiger partial charge in [0.05, 0.1) is 6.61 Å². The van der Waals surface area contributed by atoms with Crippen LogP contribution in [0.4, 0.5) is 0 Å². The third-order valence-electron chi connectivity index (χ3n) is 2.68. The van der Waals surface area contributed by atoms with Gasteiger partial charge in [-0.05, 0) is 11.8 Å². The van der Waals surface area contributed by atoms with E-state index in [4.69, 9.17) is 4.74 Å². The maximum atomic E-state index is 10.1. The number of aliphatic hydroxyl groups excluding tert-OH is 1. The molecular formula is C14H17NO2. The minimum absolute atomic E-state index is 0.323. The number of aromatic nitrogens is 1. The highest BCUT2D eigenvalue weighted by atomic mass is 16.5. The summed E-state index contributed by atoms with van der Waals surface area (Å²) in [5, 5.41) is 12.2. The van der Waals surface area contributed by atoms with Crippen LogP contribution in [0.25, 0.3) is 10.8 Å². The molecule has 0 fully saturated rings. The van der Waals surface area contributed by atoms with E-state index in [1.807, 2.05) is 31.2 Å². The molecule has 0 radical (unpaired) electrons. The lowest BCUT2D eigenvalue weighted by molar-refractivity contribution is 0.0369. The highest BCUT2D eigenvalue weighted by molar-refractivity contribution is 5.84. The molecule has 1 N–H and O–H groups in total. The SMILES string of the molecule is CCCOCC(O)c1cncc2ccccc12. The predicted octanol–water partition coefficient (Wildman–Crippen LogP) is 2.69. The zero-order valence-corrected chi connectivity index (χ0v) is 9.97. The van der Waals surface area contributed by atoms with Gasteiger partial charge in [-0.25, -0.2) is 0 Å². The van der Waals surface area contributed by atoms with Gasteiger partial charge in [-0.3, -0.25) is 4.98 Å². The van der Waals surface area contributed by atoms with Crippen molar-refractivity contribution in [1.29, 1.82) is 0 Å². The van der Waals surface area contributed by atoms with E-state index in [9.17, 15) is 5.11 Å². The summed E-state index contributed by atoms with van der Waals surface area (Å²) in [6.07, 6.45) is 3.86. The standard InChI is InChI=1S/C14H17NO2/c1-2-7-17-10-14(16)13-9-15-8-11-5-3-4-6-12(11)13/h3-6,8-9,14,16H,2,7,10H2,1H3. The summed E-state index contributed by atoms with van der Waals surface area (Å²) in [4.78, 5) is 4.15. The Kier molecular flexibility index (Phi) is 4.07. The summed E-state index contributed by atoms with van der Waals surface area (Å²) in [7, 11) is 0. The minimum atomic E-state index is -0.611. The monoisotopic (exact) mass is 231 g/mol. The van der Waals surface area contributed by atoms with Crippen LogP contribution in [-0.4, -0.2) is 23.3 Å². The van der Waals surface area contributed by atoms with Crippen LogP contribution < -0.4 is 0 Å². The molecule has 1 aromatic heterocycles. The van der Waals surface area contributed by atoms with Crippen molar-refractivity contribution in [3.05, 3.63) is 42.2 Å². The van der Waals surface area contributed by atoms with Gasteiger partial charge in [0.25, 0.3) is 0 Å². The van der Waals surface area contributed by atoms with Gasteiger partial charge in [0.2, 0.25) is 0 Å². The fourth-order valence-electron chi connectivity index (χ4n) is 1.83. The zero-order chi connectivity index (χ0) is 12.1. The van der Waals surface area contributed by atoms with E-state index in [1.165, 1.54) is 0 Å². The van der Waals surface area contributed by atoms with E-state index in [-0.39, 0.29) is 0 Å². The van der Waals surface area contributed by atoms with Crippen molar-refractivity contribution in [2.75, 3.05) is 13.2 Å². The Morgan fingerprint density at radius 3 is 2.94 bits per heavy atom. The molecule has 1 aromatic carbocycles. The van der Waals surface area contributed by atoms with Gasteiger partial charge in [0, 0.05) is 30.0 Å². The molecule has 0 spiro atoms. The topological polar surface area (TPSA) is 42.4 Å². The Labute approximate surface area is 101 Å². The van der Waals surface area contributed by atoms with E-state index in [2.05, 4.69) is 4.98 Å². The second-order valence-corrected chi connectivity index (χ2v) is 4.04. The van der Waals surface area contributed by atoms with Crippen LogP contribution in [0.15, 0.2) is 36.7 Å². The van der Waals surface area contributed by atoms with Crippen molar-refractivity contribution in [3.8, 4) is 0 Å². The fourth-order valence-corrected chi connectivity index (χ4v) is 1.83. The molecule has 0 saturated carbocycles. The van der Waals surface area contributed by atoms with E-state index in [0.717, 1.165) is 22.8 Å². The maximum Gasteiger partial charge on any atom is 0.104 e. The molecule has 0 aliphatic rings. The van der Waals surface area contributed by atoms with Crippen molar-refractivity contribution >= 4 is 10.8 Å². The third-order valence-corrected chi connectivity index (χ3v) is 2.68. The number of fused-ring (bicyclic) bond motifs is 1. The largest absolute Gasteiger partial charge is 0.386 e. The summed E-state index contributed by atoms with van der Waals surface area (Å²) in [6.45, 7) is 3.05. The number of benzene rings is 1. The molecule has 3 nitrogen and oxygen atoms in total. The molecular weight excluding hydrogens is 214 g/mol. The summed E-state index contributed by atoms with van der Waals surface area (Å²) in [5.74, 6) is 0. The number of aliphatic hydroxyl groups is 1. The molecule has 17 heavy (non-hydrogen) atoms. The van der Waals surface area contributed by atoms with E-state index >= 15 is 0 Å². The normalized spacial score (nSPS) is 12.8. The number of hydrogen-bond donors (Lipinski definition) is 1. The summed E-state index contributed by atoms with van der Waals surface area (Å²) in [6, 6.07) is 7.92. The van der Waals surface area contributed by atoms with Crippen molar-refractivity contribution in [3.63, 3.8) is 0 Å². The fraction of sp³-hybridized carbons (Fsp3) is 0.357. The van der Waals surface area contributed by atoms with Crippen LogP contribution in [0.2, 0.25) is 0 Å². The average Bonchev–Trinajstić information content (AvgIpc) is 2.38. The van der Waals surface area contributed by atoms with Gasteiger partial charge in [-0.2, -0.15) is 0 Å². The number of nitrogens with zero attached hydrogens (tertiary/aromatic N) is 1. The second-order valence-electron chi connectivity index (χ2n) is 4.04. The van der Waals surface area contributed by atoms with E-state index < -0.39 is 6.10 Å². The second kappa shape index (κ2) is 5.75. The Hall–Kier alpha value is -1.45. The molecule has 0 bridgehead atoms. The molecule has 1 unspecified atom stereocenters. The van der Waals surface area contributed by atoms with Gasteiger partial charge < -0.3 is 9.84 Å². The molecule has 0 saturated heterocycles. The van der Waals surface area contributed by atoms with Crippen molar-refractivity contribution in [2.24, 2.45) is 0 Å². The van der Waals surface area contributed by atoms with Crippen molar-refractivity contribution in [1.82, 2.24) is 4.98 Å². The van der Waals surface area contributed by atoms with E-state index in [1.54, 1.807) is 12.4 Å². The highest BCUT2D eigenvalue weighted by Crippen LogP contribution is 2.23. The van der Waals surface area contributed by atoms with Crippen LogP contribution in [0, 0.1) is 0 Å². The first kappa shape index (κ1) is 12.0. The molecule has 2 aromatic rings. The van der Waals surface area contributed by atoms with Crippen LogP contribution in [0.1, 0.15) is 25.0 Å². The van der Waals surface area contributed by atoms with Gasteiger partial charge in [-0.15, -0.1) is 0 Å². The van der Waals surface area contributed by atoms with Crippen LogP contribution >= 0.6 is 0 Å². The van der Waals surface area contributed by atoms with Gasteiger partial charge in [0.1, 0.15) is 6.10 Å². The minimum Gasteiger partial charge on any atom is -0.386 e. The Morgan fingerprint density at radius 2 is 2.12 bits per heavy atom. The van der Waals surface area contributed by atoms with Gasteiger partial charge >= 0.3 is 0 Å². The molecule has 3 heteroatoms. The molecule has 1 heterocycles. The van der Waals surface area contributed by atoms with Crippen LogP contribution in [-0.2, 0) is 4.74 Å². The Morgan fingerprint density at radius 1 is 1.29 bits per heavy atom. The first-order valence-electron chi connectivity index (χ1n) is 5.91. The van der Waals surface area contributed by atoms with Gasteiger partial charge in [-0.1, -0.05) is 31.2 Å². The highest BCUT2D eigenvalue weighted by Gasteiger charge is 2.11. The number of rotatable bonds is 5. The zero-order valence-electron chi connectivity index (χ0n) is 9.97. The lowest BCUT2D eigenvalue weighted by Gasteiger charge is -2.13. The molecule has 1 atom stereocenters. The molecule has 2 rings (SSSR count). The van der Waals surface area contributed by atoms with Crippen LogP contribution in [0.5, 0.6) is 0 Å². The quantitative estimate of drug-likeness (QED) is 0.804. The van der Waals surface area contributed by atoms with Gasteiger partial charge in [0.15, 0.2) is 0 Å². The summed E-state index contributed by atoms with van der Waals surface area (Å²) >= 11 is 0. The van der Waals surface area contributed by atoms with Crippen LogP contribution in [0.3, 0.4) is 0 Å². The number of hydrogen-bond acceptors (Lipinski definition) is 3. The first-order chi connectivity index (χ1) is 8.33. The maximum absolute atomic E-state index is 10.1. The Bertz CT molecular complexity index is 479. The van der Waals surface area contributed by atoms with E-state index in [0.29, 0.717) is 13.2 Å². The lowest BCUT2D eigenvalue weighted by Crippen LogP contribution is -2.08. The average molecular weight is 231 g/mol. The predicted molar refractivity (Wildman–Crippen MR) is 67.8 cm³/mol. The first-order valence-corrected chi connectivity index (χ1v) is 5.91. The Balaban J connectivity index is 2.22. The third kappa shape index (κ3) is 2.81. The van der Waals surface area contributed by atoms with Crippen molar-refractivity contribution < 1.29 is 9.84 Å². The van der Waals surface area contributed by atoms with Crippen molar-refractivity contribution in [2.45, 2.75) is 19.4 Å². The molecule has 0 aliphatic carbocycles. The molecule has 0 amide bonds. The molecule has 90 valence electrons. The number of ether oxygens (including phenoxy) is 1. The lowest BCUT2D eigenvalue weighted by atomic mass is 10.0. The summed E-state index contributed by atoms with van der Waals surface area (Å²) < 4.78 is 5.37. The summed E-state index contributed by atoms with van der Waals surface area (Å²) in [5.41, 5.74) is 0.833.